The van der Waals surface area contributed by atoms with Crippen molar-refractivity contribution in [3.05, 3.63) is 24.0 Å². The van der Waals surface area contributed by atoms with Crippen LogP contribution in [0.1, 0.15) is 5.82 Å². The van der Waals surface area contributed by atoms with Crippen LogP contribution in [0.4, 0.5) is 5.69 Å². The number of rotatable bonds is 2. The van der Waals surface area contributed by atoms with Gasteiger partial charge >= 0.3 is 0 Å². The zero-order chi connectivity index (χ0) is 10.1. The second-order valence-electron chi connectivity index (χ2n) is 3.24. The van der Waals surface area contributed by atoms with Crippen molar-refractivity contribution in [2.75, 3.05) is 12.4 Å². The molecule has 1 aromatic carbocycles. The summed E-state index contributed by atoms with van der Waals surface area (Å²) in [5.41, 5.74) is 8.76. The lowest BCUT2D eigenvalue weighted by molar-refractivity contribution is 0.813. The lowest BCUT2D eigenvalue weighted by atomic mass is 10.3. The summed E-state index contributed by atoms with van der Waals surface area (Å²) in [5, 5.41) is 3.09. The molecule has 0 aliphatic heterocycles. The number of fused-ring (bicyclic) bond motifs is 1. The van der Waals surface area contributed by atoms with E-state index in [2.05, 4.69) is 10.3 Å². The van der Waals surface area contributed by atoms with Gasteiger partial charge < -0.3 is 15.6 Å². The van der Waals surface area contributed by atoms with Crippen molar-refractivity contribution < 1.29 is 0 Å². The number of aryl methyl sites for hydroxylation is 1. The Balaban J connectivity index is 2.66. The molecule has 0 saturated heterocycles. The molecule has 2 rings (SSSR count). The predicted octanol–water partition coefficient (Wildman–Crippen LogP) is 1.07. The number of aromatic nitrogens is 2. The summed E-state index contributed by atoms with van der Waals surface area (Å²) in [5.74, 6) is 0.910. The largest absolute Gasteiger partial charge is 0.388 e. The topological polar surface area (TPSA) is 55.9 Å². The molecule has 0 aliphatic carbocycles. The SMILES string of the molecule is CNc1ccc2c(c1)nc(CN)n2C. The maximum Gasteiger partial charge on any atom is 0.123 e. The highest BCUT2D eigenvalue weighted by Gasteiger charge is 2.05. The number of anilines is 1. The molecule has 0 spiro atoms. The third kappa shape index (κ3) is 1.24. The van der Waals surface area contributed by atoms with Gasteiger partial charge in [0.2, 0.25) is 0 Å². The van der Waals surface area contributed by atoms with Crippen molar-refractivity contribution in [2.24, 2.45) is 12.8 Å². The molecule has 1 heterocycles. The average Bonchev–Trinajstić information content (AvgIpc) is 2.55. The first kappa shape index (κ1) is 9.02. The third-order valence-electron chi connectivity index (χ3n) is 2.44. The fraction of sp³-hybridized carbons (Fsp3) is 0.300. The summed E-state index contributed by atoms with van der Waals surface area (Å²) >= 11 is 0. The molecule has 0 saturated carbocycles. The van der Waals surface area contributed by atoms with Crippen molar-refractivity contribution in [1.82, 2.24) is 9.55 Å². The molecule has 74 valence electrons. The standard InChI is InChI=1S/C10H14N4/c1-12-7-3-4-9-8(5-7)13-10(6-11)14(9)2/h3-5,12H,6,11H2,1-2H3. The molecule has 1 aromatic heterocycles. The number of hydrogen-bond donors (Lipinski definition) is 2. The van der Waals surface area contributed by atoms with Gasteiger partial charge in [-0.2, -0.15) is 0 Å². The van der Waals surface area contributed by atoms with Gasteiger partial charge in [0.15, 0.2) is 0 Å². The lowest BCUT2D eigenvalue weighted by Crippen LogP contribution is -2.04. The van der Waals surface area contributed by atoms with Crippen LogP contribution in [0.5, 0.6) is 0 Å². The van der Waals surface area contributed by atoms with Crippen molar-refractivity contribution in [3.8, 4) is 0 Å². The molecule has 0 atom stereocenters. The van der Waals surface area contributed by atoms with Crippen molar-refractivity contribution >= 4 is 16.7 Å². The molecule has 3 N–H and O–H groups in total. The van der Waals surface area contributed by atoms with Crippen molar-refractivity contribution in [2.45, 2.75) is 6.54 Å². The monoisotopic (exact) mass is 190 g/mol. The normalized spacial score (nSPS) is 10.8. The number of benzene rings is 1. The zero-order valence-corrected chi connectivity index (χ0v) is 8.41. The number of nitrogens with zero attached hydrogens (tertiary/aromatic N) is 2. The maximum atomic E-state index is 5.59. The molecule has 0 radical (unpaired) electrons. The molecule has 4 nitrogen and oxygen atoms in total. The lowest BCUT2D eigenvalue weighted by Gasteiger charge is -2.00. The molecular formula is C10H14N4. The number of hydrogen-bond acceptors (Lipinski definition) is 3. The fourth-order valence-corrected chi connectivity index (χ4v) is 1.59. The highest BCUT2D eigenvalue weighted by atomic mass is 15.1. The van der Waals surface area contributed by atoms with Crippen LogP contribution in [-0.2, 0) is 13.6 Å². The van der Waals surface area contributed by atoms with E-state index < -0.39 is 0 Å². The molecule has 0 aliphatic rings. The molecule has 0 fully saturated rings. The Morgan fingerprint density at radius 2 is 2.29 bits per heavy atom. The Hall–Kier alpha value is -1.55. The van der Waals surface area contributed by atoms with E-state index in [4.69, 9.17) is 5.73 Å². The molecular weight excluding hydrogens is 176 g/mol. The maximum absolute atomic E-state index is 5.59. The summed E-state index contributed by atoms with van der Waals surface area (Å²) in [4.78, 5) is 4.44. The summed E-state index contributed by atoms with van der Waals surface area (Å²) in [6.07, 6.45) is 0. The smallest absolute Gasteiger partial charge is 0.123 e. The van der Waals surface area contributed by atoms with Gasteiger partial charge in [-0.05, 0) is 18.2 Å². The van der Waals surface area contributed by atoms with E-state index in [0.29, 0.717) is 6.54 Å². The molecule has 2 aromatic rings. The Kier molecular flexibility index (Phi) is 2.13. The van der Waals surface area contributed by atoms with Crippen LogP contribution in [0.25, 0.3) is 11.0 Å². The quantitative estimate of drug-likeness (QED) is 0.745. The van der Waals surface area contributed by atoms with E-state index in [1.54, 1.807) is 0 Å². The van der Waals surface area contributed by atoms with E-state index in [1.807, 2.05) is 36.9 Å². The highest BCUT2D eigenvalue weighted by Crippen LogP contribution is 2.18. The van der Waals surface area contributed by atoms with E-state index in [-0.39, 0.29) is 0 Å². The van der Waals surface area contributed by atoms with Crippen LogP contribution in [-0.4, -0.2) is 16.6 Å². The highest BCUT2D eigenvalue weighted by molar-refractivity contribution is 5.80. The molecule has 14 heavy (non-hydrogen) atoms. The van der Waals surface area contributed by atoms with Crippen molar-refractivity contribution in [1.29, 1.82) is 0 Å². The predicted molar refractivity (Wildman–Crippen MR) is 58.2 cm³/mol. The first-order chi connectivity index (χ1) is 6.76. The van der Waals surface area contributed by atoms with E-state index in [9.17, 15) is 0 Å². The van der Waals surface area contributed by atoms with Gasteiger partial charge in [-0.3, -0.25) is 0 Å². The van der Waals surface area contributed by atoms with Gasteiger partial charge in [0.1, 0.15) is 5.82 Å². The minimum absolute atomic E-state index is 0.472. The Bertz CT molecular complexity index is 458. The van der Waals surface area contributed by atoms with Crippen LogP contribution in [0.15, 0.2) is 18.2 Å². The molecule has 0 unspecified atom stereocenters. The second-order valence-corrected chi connectivity index (χ2v) is 3.24. The average molecular weight is 190 g/mol. The Labute approximate surface area is 82.7 Å². The van der Waals surface area contributed by atoms with Crippen LogP contribution < -0.4 is 11.1 Å². The third-order valence-corrected chi connectivity index (χ3v) is 2.44. The fourth-order valence-electron chi connectivity index (χ4n) is 1.59. The summed E-state index contributed by atoms with van der Waals surface area (Å²) in [7, 11) is 3.88. The van der Waals surface area contributed by atoms with E-state index in [0.717, 1.165) is 22.5 Å². The van der Waals surface area contributed by atoms with Crippen LogP contribution in [0.2, 0.25) is 0 Å². The van der Waals surface area contributed by atoms with Gasteiger partial charge in [-0.25, -0.2) is 4.98 Å². The first-order valence-corrected chi connectivity index (χ1v) is 4.59. The minimum atomic E-state index is 0.472. The Morgan fingerprint density at radius 1 is 1.50 bits per heavy atom. The van der Waals surface area contributed by atoms with Crippen molar-refractivity contribution in [3.63, 3.8) is 0 Å². The minimum Gasteiger partial charge on any atom is -0.388 e. The summed E-state index contributed by atoms with van der Waals surface area (Å²) in [6, 6.07) is 6.10. The van der Waals surface area contributed by atoms with E-state index in [1.165, 1.54) is 0 Å². The number of imidazole rings is 1. The van der Waals surface area contributed by atoms with Crippen LogP contribution in [0, 0.1) is 0 Å². The summed E-state index contributed by atoms with van der Waals surface area (Å²) in [6.45, 7) is 0.472. The number of nitrogens with one attached hydrogen (secondary N) is 1. The Morgan fingerprint density at radius 3 is 2.93 bits per heavy atom. The van der Waals surface area contributed by atoms with Gasteiger partial charge in [-0.15, -0.1) is 0 Å². The van der Waals surface area contributed by atoms with Crippen LogP contribution >= 0.6 is 0 Å². The van der Waals surface area contributed by atoms with Crippen LogP contribution in [0.3, 0.4) is 0 Å². The van der Waals surface area contributed by atoms with Gasteiger partial charge in [-0.1, -0.05) is 0 Å². The first-order valence-electron chi connectivity index (χ1n) is 4.59. The number of nitrogens with two attached hydrogens (primary N) is 1. The summed E-state index contributed by atoms with van der Waals surface area (Å²) < 4.78 is 2.02. The molecule has 0 bridgehead atoms. The zero-order valence-electron chi connectivity index (χ0n) is 8.41. The van der Waals surface area contributed by atoms with Gasteiger partial charge in [0, 0.05) is 19.8 Å². The van der Waals surface area contributed by atoms with E-state index >= 15 is 0 Å². The molecule has 0 amide bonds. The molecule has 4 heteroatoms. The van der Waals surface area contributed by atoms with Gasteiger partial charge in [0.05, 0.1) is 17.6 Å². The second kappa shape index (κ2) is 3.31. The van der Waals surface area contributed by atoms with Gasteiger partial charge in [0.25, 0.3) is 0 Å².